The zero-order valence-corrected chi connectivity index (χ0v) is 17.6. The number of thiazole rings is 1. The Morgan fingerprint density at radius 2 is 2.13 bits per heavy atom. The second-order valence-corrected chi connectivity index (χ2v) is 8.30. The third kappa shape index (κ3) is 3.21. The molecule has 1 saturated heterocycles. The molecule has 1 atom stereocenters. The fraction of sp³-hybridized carbons (Fsp3) is 0.227. The van der Waals surface area contributed by atoms with Crippen LogP contribution in [0.4, 0.5) is 4.39 Å². The molecule has 5 rings (SSSR count). The van der Waals surface area contributed by atoms with Gasteiger partial charge < -0.3 is 14.8 Å². The number of methoxy groups -OCH3 is 2. The maximum atomic E-state index is 14.9. The molecular weight excluding hydrogens is 421 g/mol. The van der Waals surface area contributed by atoms with Gasteiger partial charge in [0.1, 0.15) is 17.1 Å². The number of benzene rings is 2. The minimum absolute atomic E-state index is 0.0125. The van der Waals surface area contributed by atoms with Gasteiger partial charge in [-0.15, -0.1) is 0 Å². The standard InChI is InChI=1S/C22H18FN3O4S/c1-29-18-9-17-19(8-13(18)21(28)30-2)31-22-25-16(10-26(17)22)12-4-3-11(7-14(12)23)15-5-6-20(27)24-15/h3-4,7-10,15H,5-6H2,1-2H3,(H,24,27). The molecule has 4 aromatic rings. The van der Waals surface area contributed by atoms with Crippen LogP contribution in [0.15, 0.2) is 36.5 Å². The number of nitrogens with one attached hydrogen (secondary N) is 1. The first-order valence-corrected chi connectivity index (χ1v) is 10.5. The first-order chi connectivity index (χ1) is 15.0. The highest BCUT2D eigenvalue weighted by Crippen LogP contribution is 2.35. The zero-order valence-electron chi connectivity index (χ0n) is 16.8. The molecule has 9 heteroatoms. The number of carbonyl (C=O) groups excluding carboxylic acids is 2. The Balaban J connectivity index is 1.55. The molecule has 1 fully saturated rings. The van der Waals surface area contributed by atoms with Crippen LogP contribution in [0, 0.1) is 5.82 Å². The van der Waals surface area contributed by atoms with Gasteiger partial charge in [0.25, 0.3) is 0 Å². The number of amides is 1. The number of carbonyl (C=O) groups is 2. The molecule has 1 N–H and O–H groups in total. The second kappa shape index (κ2) is 7.35. The lowest BCUT2D eigenvalue weighted by molar-refractivity contribution is -0.119. The van der Waals surface area contributed by atoms with E-state index in [4.69, 9.17) is 9.47 Å². The summed E-state index contributed by atoms with van der Waals surface area (Å²) in [4.78, 5) is 28.7. The summed E-state index contributed by atoms with van der Waals surface area (Å²) < 4.78 is 27.8. The summed E-state index contributed by atoms with van der Waals surface area (Å²) in [5, 5.41) is 2.85. The Morgan fingerprint density at radius 1 is 1.29 bits per heavy atom. The molecule has 0 radical (unpaired) electrons. The summed E-state index contributed by atoms with van der Waals surface area (Å²) in [5.41, 5.74) is 2.77. The highest BCUT2D eigenvalue weighted by Gasteiger charge is 2.24. The molecule has 0 saturated carbocycles. The number of aromatic nitrogens is 2. The molecule has 31 heavy (non-hydrogen) atoms. The largest absolute Gasteiger partial charge is 0.496 e. The number of imidazole rings is 1. The first kappa shape index (κ1) is 19.5. The van der Waals surface area contributed by atoms with Gasteiger partial charge in [-0.2, -0.15) is 0 Å². The van der Waals surface area contributed by atoms with E-state index < -0.39 is 5.97 Å². The van der Waals surface area contributed by atoms with E-state index in [1.165, 1.54) is 31.6 Å². The highest BCUT2D eigenvalue weighted by atomic mass is 32.1. The summed E-state index contributed by atoms with van der Waals surface area (Å²) in [6.07, 6.45) is 2.89. The van der Waals surface area contributed by atoms with Crippen molar-refractivity contribution in [2.75, 3.05) is 14.2 Å². The van der Waals surface area contributed by atoms with Crippen molar-refractivity contribution in [3.63, 3.8) is 0 Å². The lowest BCUT2D eigenvalue weighted by Gasteiger charge is -2.11. The smallest absolute Gasteiger partial charge is 0.341 e. The van der Waals surface area contributed by atoms with Gasteiger partial charge in [-0.05, 0) is 30.2 Å². The molecule has 1 aliphatic rings. The van der Waals surface area contributed by atoms with Crippen molar-refractivity contribution in [3.05, 3.63) is 53.5 Å². The van der Waals surface area contributed by atoms with Gasteiger partial charge in [-0.1, -0.05) is 17.4 Å². The van der Waals surface area contributed by atoms with Crippen LogP contribution >= 0.6 is 11.3 Å². The van der Waals surface area contributed by atoms with E-state index in [0.717, 1.165) is 15.8 Å². The SMILES string of the molecule is COC(=O)c1cc2sc3nc(-c4ccc(C5CCC(=O)N5)cc4F)cn3c2cc1OC. The summed E-state index contributed by atoms with van der Waals surface area (Å²) in [5.74, 6) is -0.490. The number of rotatable bonds is 4. The number of hydrogen-bond donors (Lipinski definition) is 1. The van der Waals surface area contributed by atoms with Crippen molar-refractivity contribution in [1.82, 2.24) is 14.7 Å². The minimum atomic E-state index is -0.480. The lowest BCUT2D eigenvalue weighted by atomic mass is 10.0. The monoisotopic (exact) mass is 439 g/mol. The fourth-order valence-corrected chi connectivity index (χ4v) is 4.94. The number of nitrogens with zero attached hydrogens (tertiary/aromatic N) is 2. The normalized spacial score (nSPS) is 16.1. The van der Waals surface area contributed by atoms with Crippen LogP contribution < -0.4 is 10.1 Å². The average Bonchev–Trinajstić information content (AvgIpc) is 3.46. The Morgan fingerprint density at radius 3 is 2.81 bits per heavy atom. The van der Waals surface area contributed by atoms with Gasteiger partial charge in [0.2, 0.25) is 5.91 Å². The summed E-state index contributed by atoms with van der Waals surface area (Å²) in [6.45, 7) is 0. The van der Waals surface area contributed by atoms with Gasteiger partial charge in [0, 0.05) is 24.2 Å². The molecule has 1 amide bonds. The maximum absolute atomic E-state index is 14.9. The van der Waals surface area contributed by atoms with Gasteiger partial charge >= 0.3 is 5.97 Å². The summed E-state index contributed by atoms with van der Waals surface area (Å²) in [6, 6.07) is 8.29. The van der Waals surface area contributed by atoms with Crippen LogP contribution in [0.5, 0.6) is 5.75 Å². The molecule has 2 aromatic heterocycles. The van der Waals surface area contributed by atoms with E-state index in [2.05, 4.69) is 10.3 Å². The third-order valence-corrected chi connectivity index (χ3v) is 6.50. The number of halogens is 1. The van der Waals surface area contributed by atoms with Crippen LogP contribution in [-0.2, 0) is 9.53 Å². The van der Waals surface area contributed by atoms with Gasteiger partial charge in [0.15, 0.2) is 4.96 Å². The number of ether oxygens (including phenoxy) is 2. The van der Waals surface area contributed by atoms with E-state index in [0.29, 0.717) is 40.4 Å². The number of esters is 1. The molecule has 7 nitrogen and oxygen atoms in total. The number of fused-ring (bicyclic) bond motifs is 3. The van der Waals surface area contributed by atoms with Crippen LogP contribution in [0.1, 0.15) is 34.8 Å². The quantitative estimate of drug-likeness (QED) is 0.484. The molecule has 1 aliphatic heterocycles. The highest BCUT2D eigenvalue weighted by molar-refractivity contribution is 7.23. The number of hydrogen-bond acceptors (Lipinski definition) is 6. The first-order valence-electron chi connectivity index (χ1n) is 9.65. The Hall–Kier alpha value is -3.46. The van der Waals surface area contributed by atoms with Crippen molar-refractivity contribution in [2.24, 2.45) is 0 Å². The van der Waals surface area contributed by atoms with Crippen molar-refractivity contribution >= 4 is 38.4 Å². The maximum Gasteiger partial charge on any atom is 0.341 e. The van der Waals surface area contributed by atoms with Gasteiger partial charge in [-0.3, -0.25) is 9.20 Å². The lowest BCUT2D eigenvalue weighted by Crippen LogP contribution is -2.18. The van der Waals surface area contributed by atoms with Crippen LogP contribution in [0.3, 0.4) is 0 Å². The molecule has 0 aliphatic carbocycles. The van der Waals surface area contributed by atoms with Crippen molar-refractivity contribution in [3.8, 4) is 17.0 Å². The molecule has 0 bridgehead atoms. The fourth-order valence-electron chi connectivity index (χ4n) is 3.91. The van der Waals surface area contributed by atoms with E-state index in [9.17, 15) is 14.0 Å². The Kier molecular flexibility index (Phi) is 4.62. The molecular formula is C22H18FN3O4S. The molecule has 0 spiro atoms. The second-order valence-electron chi connectivity index (χ2n) is 7.29. The van der Waals surface area contributed by atoms with Crippen molar-refractivity contribution in [2.45, 2.75) is 18.9 Å². The molecule has 158 valence electrons. The zero-order chi connectivity index (χ0) is 21.7. The minimum Gasteiger partial charge on any atom is -0.496 e. The Bertz CT molecular complexity index is 1360. The van der Waals surface area contributed by atoms with Crippen molar-refractivity contribution in [1.29, 1.82) is 0 Å². The average molecular weight is 439 g/mol. The van der Waals surface area contributed by atoms with E-state index in [1.807, 2.05) is 10.5 Å². The van der Waals surface area contributed by atoms with E-state index in [-0.39, 0.29) is 17.8 Å². The molecule has 3 heterocycles. The molecule has 2 aromatic carbocycles. The topological polar surface area (TPSA) is 81.9 Å². The molecule has 1 unspecified atom stereocenters. The van der Waals surface area contributed by atoms with E-state index >= 15 is 0 Å². The van der Waals surface area contributed by atoms with Gasteiger partial charge in [-0.25, -0.2) is 14.2 Å². The third-order valence-electron chi connectivity index (χ3n) is 5.49. The van der Waals surface area contributed by atoms with Crippen LogP contribution in [-0.4, -0.2) is 35.5 Å². The van der Waals surface area contributed by atoms with Crippen LogP contribution in [0.25, 0.3) is 26.4 Å². The van der Waals surface area contributed by atoms with Gasteiger partial charge in [0.05, 0.1) is 36.2 Å². The van der Waals surface area contributed by atoms with E-state index in [1.54, 1.807) is 24.4 Å². The van der Waals surface area contributed by atoms with Crippen molar-refractivity contribution < 1.29 is 23.5 Å². The summed E-state index contributed by atoms with van der Waals surface area (Å²) in [7, 11) is 2.81. The van der Waals surface area contributed by atoms with Crippen LogP contribution in [0.2, 0.25) is 0 Å². The Labute approximate surface area is 180 Å². The predicted molar refractivity (Wildman–Crippen MR) is 114 cm³/mol. The predicted octanol–water partition coefficient (Wildman–Crippen LogP) is 4.10. The summed E-state index contributed by atoms with van der Waals surface area (Å²) >= 11 is 1.39.